The minimum atomic E-state index is -0.201. The Kier molecular flexibility index (Phi) is 7.23. The Labute approximate surface area is 160 Å². The molecule has 0 bridgehead atoms. The van der Waals surface area contributed by atoms with E-state index in [0.29, 0.717) is 22.9 Å². The number of ether oxygens (including phenoxy) is 2. The lowest BCUT2D eigenvalue weighted by atomic mass is 10.2. The molecule has 0 unspecified atom stereocenters. The quantitative estimate of drug-likeness (QED) is 0.766. The van der Waals surface area contributed by atoms with Gasteiger partial charge in [-0.3, -0.25) is 9.59 Å². The lowest BCUT2D eigenvalue weighted by Gasteiger charge is -2.24. The molecule has 2 rings (SSSR count). The highest BCUT2D eigenvalue weighted by molar-refractivity contribution is 5.96. The molecule has 144 valence electrons. The molecule has 0 saturated heterocycles. The molecule has 2 aromatic rings. The molecule has 2 amide bonds. The average Bonchev–Trinajstić information content (AvgIpc) is 2.63. The minimum Gasteiger partial charge on any atom is -0.495 e. The van der Waals surface area contributed by atoms with Gasteiger partial charge < -0.3 is 19.7 Å². The first kappa shape index (κ1) is 20.3. The summed E-state index contributed by atoms with van der Waals surface area (Å²) in [4.78, 5) is 26.1. The Balaban J connectivity index is 2.09. The van der Waals surface area contributed by atoms with Crippen molar-refractivity contribution >= 4 is 23.2 Å². The van der Waals surface area contributed by atoms with E-state index in [9.17, 15) is 9.59 Å². The van der Waals surface area contributed by atoms with Crippen LogP contribution in [-0.4, -0.2) is 31.6 Å². The van der Waals surface area contributed by atoms with Crippen LogP contribution in [0.4, 0.5) is 11.4 Å². The summed E-state index contributed by atoms with van der Waals surface area (Å²) in [7, 11) is 1.55. The fourth-order valence-corrected chi connectivity index (χ4v) is 2.66. The van der Waals surface area contributed by atoms with E-state index < -0.39 is 0 Å². The van der Waals surface area contributed by atoms with Crippen LogP contribution in [0.15, 0.2) is 48.5 Å². The summed E-state index contributed by atoms with van der Waals surface area (Å²) in [5, 5.41) is 2.82. The number of hydrogen-bond donors (Lipinski definition) is 1. The average molecular weight is 370 g/mol. The number of amides is 2. The number of anilines is 2. The van der Waals surface area contributed by atoms with Crippen LogP contribution in [-0.2, 0) is 9.59 Å². The van der Waals surface area contributed by atoms with Gasteiger partial charge in [-0.05, 0) is 38.1 Å². The second kappa shape index (κ2) is 9.62. The SMILES string of the molecule is COc1ccccc1NC(=O)CCN(C(C)=O)c1ccccc1OC(C)C. The molecule has 1 N–H and O–H groups in total. The van der Waals surface area contributed by atoms with Crippen molar-refractivity contribution in [3.8, 4) is 11.5 Å². The number of para-hydroxylation sites is 4. The topological polar surface area (TPSA) is 67.9 Å². The Morgan fingerprint density at radius 3 is 2.30 bits per heavy atom. The highest BCUT2D eigenvalue weighted by atomic mass is 16.5. The molecule has 6 nitrogen and oxygen atoms in total. The van der Waals surface area contributed by atoms with Gasteiger partial charge in [-0.2, -0.15) is 0 Å². The van der Waals surface area contributed by atoms with Gasteiger partial charge >= 0.3 is 0 Å². The van der Waals surface area contributed by atoms with Crippen molar-refractivity contribution in [2.45, 2.75) is 33.3 Å². The maximum Gasteiger partial charge on any atom is 0.226 e. The van der Waals surface area contributed by atoms with Gasteiger partial charge in [0, 0.05) is 19.9 Å². The molecule has 0 radical (unpaired) electrons. The third-order valence-corrected chi connectivity index (χ3v) is 3.84. The zero-order valence-corrected chi connectivity index (χ0v) is 16.2. The molecule has 2 aromatic carbocycles. The van der Waals surface area contributed by atoms with E-state index in [-0.39, 0.29) is 30.9 Å². The molecular formula is C21H26N2O4. The van der Waals surface area contributed by atoms with E-state index in [1.165, 1.54) is 6.92 Å². The fourth-order valence-electron chi connectivity index (χ4n) is 2.66. The van der Waals surface area contributed by atoms with Gasteiger partial charge in [-0.15, -0.1) is 0 Å². The van der Waals surface area contributed by atoms with E-state index in [2.05, 4.69) is 5.32 Å². The van der Waals surface area contributed by atoms with Crippen LogP contribution >= 0.6 is 0 Å². The molecule has 0 aliphatic rings. The number of nitrogens with zero attached hydrogens (tertiary/aromatic N) is 1. The van der Waals surface area contributed by atoms with Crippen LogP contribution in [0.3, 0.4) is 0 Å². The number of hydrogen-bond acceptors (Lipinski definition) is 4. The van der Waals surface area contributed by atoms with Crippen molar-refractivity contribution in [2.75, 3.05) is 23.9 Å². The minimum absolute atomic E-state index is 0.0196. The smallest absolute Gasteiger partial charge is 0.226 e. The summed E-state index contributed by atoms with van der Waals surface area (Å²) in [6.07, 6.45) is 0.127. The van der Waals surface area contributed by atoms with Gasteiger partial charge in [0.2, 0.25) is 11.8 Å². The monoisotopic (exact) mass is 370 g/mol. The van der Waals surface area contributed by atoms with Crippen molar-refractivity contribution in [3.63, 3.8) is 0 Å². The summed E-state index contributed by atoms with van der Waals surface area (Å²) in [5.74, 6) is 0.852. The molecule has 0 aliphatic heterocycles. The number of nitrogens with one attached hydrogen (secondary N) is 1. The van der Waals surface area contributed by atoms with Crippen molar-refractivity contribution in [2.24, 2.45) is 0 Å². The largest absolute Gasteiger partial charge is 0.495 e. The summed E-state index contributed by atoms with van der Waals surface area (Å²) < 4.78 is 11.0. The zero-order chi connectivity index (χ0) is 19.8. The van der Waals surface area contributed by atoms with Gasteiger partial charge in [0.15, 0.2) is 0 Å². The Hall–Kier alpha value is -3.02. The zero-order valence-electron chi connectivity index (χ0n) is 16.2. The van der Waals surface area contributed by atoms with E-state index in [1.54, 1.807) is 24.1 Å². The Morgan fingerprint density at radius 2 is 1.67 bits per heavy atom. The van der Waals surface area contributed by atoms with Gasteiger partial charge in [-0.1, -0.05) is 24.3 Å². The number of rotatable bonds is 8. The standard InChI is InChI=1S/C21H26N2O4/c1-15(2)27-20-12-8-6-10-18(20)23(16(3)24)14-13-21(25)22-17-9-5-7-11-19(17)26-4/h5-12,15H,13-14H2,1-4H3,(H,22,25). The third-order valence-electron chi connectivity index (χ3n) is 3.84. The van der Waals surface area contributed by atoms with Crippen molar-refractivity contribution in [1.29, 1.82) is 0 Å². The first-order valence-corrected chi connectivity index (χ1v) is 8.89. The molecule has 0 spiro atoms. The fraction of sp³-hybridized carbons (Fsp3) is 0.333. The molecule has 6 heteroatoms. The van der Waals surface area contributed by atoms with E-state index in [0.717, 1.165) is 0 Å². The molecule has 0 atom stereocenters. The van der Waals surface area contributed by atoms with Crippen LogP contribution in [0.2, 0.25) is 0 Å². The first-order chi connectivity index (χ1) is 12.9. The van der Waals surface area contributed by atoms with Gasteiger partial charge in [-0.25, -0.2) is 0 Å². The number of carbonyl (C=O) groups excluding carboxylic acids is 2. The Bertz CT molecular complexity index is 789. The number of methoxy groups -OCH3 is 1. The predicted octanol–water partition coefficient (Wildman–Crippen LogP) is 3.86. The highest BCUT2D eigenvalue weighted by Gasteiger charge is 2.18. The molecule has 0 heterocycles. The predicted molar refractivity (Wildman–Crippen MR) is 106 cm³/mol. The van der Waals surface area contributed by atoms with E-state index in [4.69, 9.17) is 9.47 Å². The van der Waals surface area contributed by atoms with Gasteiger partial charge in [0.25, 0.3) is 0 Å². The molecule has 0 aromatic heterocycles. The van der Waals surface area contributed by atoms with Crippen LogP contribution in [0, 0.1) is 0 Å². The lowest BCUT2D eigenvalue weighted by Crippen LogP contribution is -2.32. The van der Waals surface area contributed by atoms with Crippen LogP contribution in [0.1, 0.15) is 27.2 Å². The van der Waals surface area contributed by atoms with Crippen molar-refractivity contribution in [1.82, 2.24) is 0 Å². The second-order valence-corrected chi connectivity index (χ2v) is 6.30. The molecule has 0 saturated carbocycles. The second-order valence-electron chi connectivity index (χ2n) is 6.30. The van der Waals surface area contributed by atoms with Gasteiger partial charge in [0.1, 0.15) is 11.5 Å². The van der Waals surface area contributed by atoms with E-state index >= 15 is 0 Å². The first-order valence-electron chi connectivity index (χ1n) is 8.89. The molecule has 0 fully saturated rings. The molecule has 0 aliphatic carbocycles. The number of carbonyl (C=O) groups is 2. The van der Waals surface area contributed by atoms with Crippen molar-refractivity contribution < 1.29 is 19.1 Å². The van der Waals surface area contributed by atoms with Crippen LogP contribution in [0.25, 0.3) is 0 Å². The van der Waals surface area contributed by atoms with Crippen LogP contribution < -0.4 is 19.7 Å². The maximum atomic E-state index is 12.4. The molecular weight excluding hydrogens is 344 g/mol. The lowest BCUT2D eigenvalue weighted by molar-refractivity contribution is -0.117. The summed E-state index contributed by atoms with van der Waals surface area (Å²) in [6, 6.07) is 14.5. The van der Waals surface area contributed by atoms with Crippen molar-refractivity contribution in [3.05, 3.63) is 48.5 Å². The summed E-state index contributed by atoms with van der Waals surface area (Å²) >= 11 is 0. The normalized spacial score (nSPS) is 10.4. The highest BCUT2D eigenvalue weighted by Crippen LogP contribution is 2.29. The van der Waals surface area contributed by atoms with Crippen LogP contribution in [0.5, 0.6) is 11.5 Å². The van der Waals surface area contributed by atoms with Gasteiger partial charge in [0.05, 0.1) is 24.6 Å². The maximum absolute atomic E-state index is 12.4. The van der Waals surface area contributed by atoms with E-state index in [1.807, 2.05) is 50.2 Å². The molecule has 27 heavy (non-hydrogen) atoms. The third kappa shape index (κ3) is 5.74. The summed E-state index contributed by atoms with van der Waals surface area (Å²) in [5.41, 5.74) is 1.26. The Morgan fingerprint density at radius 1 is 1.04 bits per heavy atom. The number of benzene rings is 2. The summed E-state index contributed by atoms with van der Waals surface area (Å²) in [6.45, 7) is 5.57.